The van der Waals surface area contributed by atoms with Crippen molar-refractivity contribution < 1.29 is 106 Å². The van der Waals surface area contributed by atoms with E-state index >= 15 is 0 Å². The van der Waals surface area contributed by atoms with Gasteiger partial charge in [-0.25, -0.2) is 19.0 Å². The highest BCUT2D eigenvalue weighted by molar-refractivity contribution is 6.39. The second kappa shape index (κ2) is 54.9. The van der Waals surface area contributed by atoms with Crippen LogP contribution in [0.2, 0.25) is 0 Å². The molecule has 8 aliphatic rings. The van der Waals surface area contributed by atoms with Gasteiger partial charge < -0.3 is 77.6 Å². The highest BCUT2D eigenvalue weighted by Crippen LogP contribution is 2.44. The highest BCUT2D eigenvalue weighted by Gasteiger charge is 2.56. The number of aromatic nitrogens is 8. The van der Waals surface area contributed by atoms with Crippen LogP contribution in [0.15, 0.2) is 132 Å². The lowest BCUT2D eigenvalue weighted by Crippen LogP contribution is -2.61. The number of nitrogens with zero attached hydrogens (tertiary/aromatic N) is 10. The Morgan fingerprint density at radius 3 is 1.17 bits per heavy atom. The standard InChI is InChI=1S/2C53H81N5O11.CH4/c2*1-32-17-13-12-14-18-33(2)45(65-9)29-41-22-20-38(7)53(64,69-41)50(61)51(62)57-24-16-15-19-43(57)52(63)68-46(36(5)27-40-21-23-42(47(28-40)66-10)58-31-54-55-56-58)30-44(59)35(4)26-37(6)48(60)49(67-11)39(8)34(3)25-32;/h2*12-14,17-18,26,31-32,34-36,38,40-43,45-49,60,64H,8,15-16,19-25,27-30H2,1-7,9-11H3;1H4/b2*14-12+,17-13+,33-18+,37-26+;/t2*32-,34-,35-,36-,38-,40+,41+,42+,43+,45+,46+,47-,48-,49+,53-;/m11./s1. The van der Waals surface area contributed by atoms with Crippen LogP contribution in [0.3, 0.4) is 0 Å². The van der Waals surface area contributed by atoms with Gasteiger partial charge in [-0.1, -0.05) is 163 Å². The number of Topliss-reactive ketones (excluding diaryl/α,β-unsaturated/α-hetero) is 4. The van der Waals surface area contributed by atoms with E-state index in [9.17, 15) is 58.8 Å². The molecule has 2 amide bonds. The molecular weight excluding hydrogens is 1780 g/mol. The number of tetrazole rings is 2. The summed E-state index contributed by atoms with van der Waals surface area (Å²) >= 11 is 0. The number of aliphatic hydroxyl groups excluding tert-OH is 2. The maximum absolute atomic E-state index is 14.5. The Hall–Kier alpha value is -8.38. The van der Waals surface area contributed by atoms with Gasteiger partial charge in [0.2, 0.25) is 11.6 Å². The van der Waals surface area contributed by atoms with Crippen LogP contribution in [0.1, 0.15) is 271 Å². The molecule has 6 fully saturated rings. The van der Waals surface area contributed by atoms with Crippen molar-refractivity contribution in [3.05, 3.63) is 132 Å². The highest BCUT2D eigenvalue weighted by atomic mass is 16.6. The van der Waals surface area contributed by atoms with E-state index in [1.54, 1.807) is 118 Å². The van der Waals surface area contributed by atoms with Crippen LogP contribution in [0.5, 0.6) is 0 Å². The maximum Gasteiger partial charge on any atom is 0.329 e. The number of carbonyl (C=O) groups is 8. The molecule has 2 aliphatic carbocycles. The van der Waals surface area contributed by atoms with Crippen LogP contribution < -0.4 is 0 Å². The first-order valence-corrected chi connectivity index (χ1v) is 50.4. The van der Waals surface area contributed by atoms with Gasteiger partial charge in [0.15, 0.2) is 0 Å². The molecule has 4 N–H and O–H groups in total. The lowest BCUT2D eigenvalue weighted by atomic mass is 9.77. The van der Waals surface area contributed by atoms with Crippen LogP contribution >= 0.6 is 0 Å². The molecule has 32 heteroatoms. The minimum absolute atomic E-state index is 0. The van der Waals surface area contributed by atoms with Crippen LogP contribution in [-0.2, 0) is 85.7 Å². The van der Waals surface area contributed by atoms with E-state index in [1.165, 1.54) is 9.80 Å². The van der Waals surface area contributed by atoms with Crippen molar-refractivity contribution in [2.75, 3.05) is 55.7 Å². The van der Waals surface area contributed by atoms with E-state index in [0.717, 1.165) is 60.8 Å². The van der Waals surface area contributed by atoms with Crippen molar-refractivity contribution in [3.63, 3.8) is 0 Å². The summed E-state index contributed by atoms with van der Waals surface area (Å²) in [6.07, 6.45) is 31.4. The summed E-state index contributed by atoms with van der Waals surface area (Å²) in [7, 11) is 9.63. The number of rotatable bonds is 14. The number of esters is 2. The Morgan fingerprint density at radius 1 is 0.460 bits per heavy atom. The molecule has 32 nitrogen and oxygen atoms in total. The number of amides is 2. The quantitative estimate of drug-likeness (QED) is 0.0775. The average molecular weight is 1940 g/mol. The lowest BCUT2D eigenvalue weighted by Gasteiger charge is -2.42. The predicted octanol–water partition coefficient (Wildman–Crippen LogP) is 14.7. The summed E-state index contributed by atoms with van der Waals surface area (Å²) in [5.74, 6) is -13.5. The molecule has 139 heavy (non-hydrogen) atoms. The first-order valence-electron chi connectivity index (χ1n) is 50.4. The topological polar surface area (TPSA) is 403 Å². The Balaban J connectivity index is 0.000000338. The SMILES string of the molecule is C.C=C1[C@H](C)C[C@H](C)/C=C/C=C/C=C(\C)[C@@H](OC)C[C@@H]2CC[C@@H](C)[C@@](O)(O2)C(=O)C(=O)N2CCCC[C@H]2C(=O)O[C@H]([C@H](C)C[C@@H]2CC[C@H](n3cnnn3)[C@H](OC)C2)CC(=O)[C@H](C)/C=C(\C)[C@@H](O)[C@H]1OC.C=C1[C@H](C)C[C@H](C)/C=C/C=C/C=C(\C)[C@@H](OC)C[C@@H]2CC[C@@H](C)[C@@](O)(O2)C(=O)C(=O)N2CCCC[C@H]2C(=O)O[C@H]([C@H](C)C[C@@H]2CC[C@H](n3cnnn3)[C@H](OC)C2)CC(=O)[C@H](C)/C=C(\C)[C@@H](O)[C@H]1OC. The van der Waals surface area contributed by atoms with Crippen molar-refractivity contribution in [3.8, 4) is 0 Å². The van der Waals surface area contributed by atoms with Gasteiger partial charge in [-0.05, 0) is 258 Å². The third-order valence-electron chi connectivity index (χ3n) is 30.8. The van der Waals surface area contributed by atoms with Gasteiger partial charge in [0, 0.05) is 105 Å². The average Bonchev–Trinajstić information content (AvgIpc) is 0.934. The van der Waals surface area contributed by atoms with Gasteiger partial charge in [-0.3, -0.25) is 28.8 Å². The molecule has 30 atom stereocenters. The number of hydrogen-bond acceptors (Lipinski definition) is 28. The van der Waals surface area contributed by atoms with Gasteiger partial charge in [-0.15, -0.1) is 10.2 Å². The van der Waals surface area contributed by atoms with E-state index in [4.69, 9.17) is 47.4 Å². The second-order valence-corrected chi connectivity index (χ2v) is 41.1. The normalized spacial score (nSPS) is 38.5. The summed E-state index contributed by atoms with van der Waals surface area (Å²) in [4.78, 5) is 117. The molecule has 2 aromatic rings. The molecule has 8 heterocycles. The molecule has 0 aromatic carbocycles. The van der Waals surface area contributed by atoms with Crippen LogP contribution in [-0.4, -0.2) is 270 Å². The third kappa shape index (κ3) is 30.8. The summed E-state index contributed by atoms with van der Waals surface area (Å²) in [6.45, 7) is 35.6. The first kappa shape index (κ1) is 116. The number of hydrogen-bond donors (Lipinski definition) is 4. The molecule has 4 bridgehead atoms. The van der Waals surface area contributed by atoms with Gasteiger partial charge in [0.1, 0.15) is 72.9 Å². The molecule has 4 saturated heterocycles. The Labute approximate surface area is 825 Å². The fourth-order valence-corrected chi connectivity index (χ4v) is 21.7. The zero-order chi connectivity index (χ0) is 101. The number of methoxy groups -OCH3 is 6. The molecule has 2 saturated carbocycles. The van der Waals surface area contributed by atoms with E-state index in [-0.39, 0.29) is 129 Å². The van der Waals surface area contributed by atoms with Crippen LogP contribution in [0, 0.1) is 71.0 Å². The van der Waals surface area contributed by atoms with Crippen molar-refractivity contribution >= 4 is 46.9 Å². The maximum atomic E-state index is 14.5. The zero-order valence-electron chi connectivity index (χ0n) is 85.7. The number of piperidine rings is 2. The number of fused-ring (bicyclic) bond motifs is 6. The summed E-state index contributed by atoms with van der Waals surface area (Å²) < 4.78 is 63.9. The number of ketones is 4. The van der Waals surface area contributed by atoms with Crippen molar-refractivity contribution in [1.82, 2.24) is 50.2 Å². The van der Waals surface area contributed by atoms with Crippen molar-refractivity contribution in [1.29, 1.82) is 0 Å². The van der Waals surface area contributed by atoms with E-state index in [1.807, 2.05) is 76.3 Å². The Kier molecular flexibility index (Phi) is 45.8. The molecule has 776 valence electrons. The van der Waals surface area contributed by atoms with Crippen LogP contribution in [0.4, 0.5) is 0 Å². The Morgan fingerprint density at radius 2 is 0.835 bits per heavy atom. The molecule has 0 spiro atoms. The fraction of sp³-hybridized carbons (Fsp3) is 0.720. The summed E-state index contributed by atoms with van der Waals surface area (Å²) in [5, 5.41) is 70.8. The largest absolute Gasteiger partial charge is 0.460 e. The molecular formula is C107H166N10O22. The first-order chi connectivity index (χ1) is 65.6. The molecule has 2 aromatic heterocycles. The fourth-order valence-electron chi connectivity index (χ4n) is 21.7. The van der Waals surface area contributed by atoms with Crippen molar-refractivity contribution in [2.45, 2.75) is 367 Å². The molecule has 0 unspecified atom stereocenters. The lowest BCUT2D eigenvalue weighted by molar-refractivity contribution is -0.265. The predicted molar refractivity (Wildman–Crippen MR) is 527 cm³/mol. The monoisotopic (exact) mass is 1940 g/mol. The van der Waals surface area contributed by atoms with Gasteiger partial charge in [-0.2, -0.15) is 0 Å². The van der Waals surface area contributed by atoms with Gasteiger partial charge in [0.05, 0.1) is 48.7 Å². The second-order valence-electron chi connectivity index (χ2n) is 41.1. The third-order valence-corrected chi connectivity index (χ3v) is 30.8. The Bertz CT molecular complexity index is 4320. The minimum Gasteiger partial charge on any atom is -0.460 e. The summed E-state index contributed by atoms with van der Waals surface area (Å²) in [6, 6.07) is -2.31. The summed E-state index contributed by atoms with van der Waals surface area (Å²) in [5.41, 5.74) is 4.42. The smallest absolute Gasteiger partial charge is 0.329 e. The number of cyclic esters (lactones) is 2. The van der Waals surface area contributed by atoms with Gasteiger partial charge >= 0.3 is 11.9 Å². The van der Waals surface area contributed by atoms with Crippen LogP contribution in [0.25, 0.3) is 0 Å². The van der Waals surface area contributed by atoms with Crippen molar-refractivity contribution in [2.24, 2.45) is 71.0 Å². The molecule has 0 radical (unpaired) electrons. The number of aliphatic hydroxyl groups is 4. The van der Waals surface area contributed by atoms with E-state index < -0.39 is 144 Å². The minimum atomic E-state index is -2.42. The number of carbonyl (C=O) groups excluding carboxylic acids is 8. The number of ether oxygens (including phenoxy) is 10. The number of allylic oxidation sites excluding steroid dienone is 12. The van der Waals surface area contributed by atoms with E-state index in [0.29, 0.717) is 101 Å². The van der Waals surface area contributed by atoms with E-state index in [2.05, 4.69) is 84.1 Å². The molecule has 10 rings (SSSR count). The van der Waals surface area contributed by atoms with Gasteiger partial charge in [0.25, 0.3) is 23.4 Å². The zero-order valence-corrected chi connectivity index (χ0v) is 85.7. The molecule has 6 aliphatic heterocycles.